The van der Waals surface area contributed by atoms with Crippen LogP contribution in [-0.2, 0) is 23.5 Å². The Morgan fingerprint density at radius 2 is 1.94 bits per heavy atom. The van der Waals surface area contributed by atoms with Crippen LogP contribution in [0.2, 0.25) is 0 Å². The van der Waals surface area contributed by atoms with Crippen molar-refractivity contribution >= 4 is 21.1 Å². The smallest absolute Gasteiger partial charge is 0.277 e. The summed E-state index contributed by atoms with van der Waals surface area (Å²) in [6.45, 7) is 6.19. The van der Waals surface area contributed by atoms with Gasteiger partial charge in [-0.1, -0.05) is 6.92 Å². The summed E-state index contributed by atoms with van der Waals surface area (Å²) >= 11 is 0. The minimum Gasteiger partial charge on any atom is -0.493 e. The van der Waals surface area contributed by atoms with E-state index in [1.165, 1.54) is 21.1 Å². The Balaban J connectivity index is 1.89. The fraction of sp³-hybridized carbons (Fsp3) is 0.450. The minimum absolute atomic E-state index is 0.137. The van der Waals surface area contributed by atoms with Gasteiger partial charge in [0.1, 0.15) is 17.1 Å². The number of nitrogens with zero attached hydrogens (tertiary/aromatic N) is 4. The summed E-state index contributed by atoms with van der Waals surface area (Å²) in [7, 11) is -1.99. The third-order valence-electron chi connectivity index (χ3n) is 5.32. The highest BCUT2D eigenvalue weighted by Crippen LogP contribution is 2.32. The molecule has 11 heteroatoms. The van der Waals surface area contributed by atoms with E-state index in [9.17, 15) is 13.2 Å². The third-order valence-corrected chi connectivity index (χ3v) is 7.21. The van der Waals surface area contributed by atoms with Crippen molar-refractivity contribution in [1.29, 1.82) is 0 Å². The first-order valence-corrected chi connectivity index (χ1v) is 11.7. The van der Waals surface area contributed by atoms with Crippen LogP contribution in [0.15, 0.2) is 27.9 Å². The van der Waals surface area contributed by atoms with Crippen LogP contribution in [0.4, 0.5) is 0 Å². The van der Waals surface area contributed by atoms with E-state index < -0.39 is 10.0 Å². The molecule has 1 aromatic carbocycles. The molecule has 0 aliphatic carbocycles. The first-order chi connectivity index (χ1) is 14.9. The van der Waals surface area contributed by atoms with Crippen molar-refractivity contribution in [3.8, 4) is 17.1 Å². The summed E-state index contributed by atoms with van der Waals surface area (Å²) in [6.07, 6.45) is 0.614. The van der Waals surface area contributed by atoms with E-state index in [1.54, 1.807) is 13.1 Å². The number of aromatic amines is 1. The average Bonchev–Trinajstić information content (AvgIpc) is 3.10. The lowest BCUT2D eigenvalue weighted by molar-refractivity contribution is 0.341. The molecule has 3 heterocycles. The highest BCUT2D eigenvalue weighted by molar-refractivity contribution is 7.89. The molecule has 0 atom stereocenters. The van der Waals surface area contributed by atoms with Crippen molar-refractivity contribution in [3.05, 3.63) is 34.2 Å². The molecule has 0 amide bonds. The van der Waals surface area contributed by atoms with Crippen LogP contribution >= 0.6 is 0 Å². The molecular formula is C20H26N6O4S. The predicted octanol–water partition coefficient (Wildman–Crippen LogP) is 0.879. The molecule has 0 bridgehead atoms. The Hall–Kier alpha value is -2.76. The molecule has 1 aliphatic heterocycles. The number of fused-ring (bicyclic) bond motifs is 1. The maximum absolute atomic E-state index is 13.2. The lowest BCUT2D eigenvalue weighted by atomic mass is 10.1. The van der Waals surface area contributed by atoms with E-state index in [-0.39, 0.29) is 16.3 Å². The zero-order valence-corrected chi connectivity index (χ0v) is 18.6. The maximum Gasteiger partial charge on any atom is 0.277 e. The van der Waals surface area contributed by atoms with Crippen LogP contribution in [0.3, 0.4) is 0 Å². The number of rotatable bonds is 6. The number of aromatic nitrogens is 4. The molecule has 2 aromatic heterocycles. The second-order valence-electron chi connectivity index (χ2n) is 7.28. The molecule has 0 unspecified atom stereocenters. The van der Waals surface area contributed by atoms with Gasteiger partial charge in [0.25, 0.3) is 5.56 Å². The van der Waals surface area contributed by atoms with Crippen molar-refractivity contribution in [2.45, 2.75) is 25.2 Å². The topological polar surface area (TPSA) is 122 Å². The first kappa shape index (κ1) is 21.5. The molecule has 2 N–H and O–H groups in total. The zero-order chi connectivity index (χ0) is 22.2. The van der Waals surface area contributed by atoms with Gasteiger partial charge < -0.3 is 15.0 Å². The van der Waals surface area contributed by atoms with E-state index in [0.717, 1.165) is 0 Å². The van der Waals surface area contributed by atoms with Gasteiger partial charge in [0.05, 0.1) is 22.8 Å². The number of aryl methyl sites for hydroxylation is 2. The minimum atomic E-state index is -3.68. The molecule has 10 nitrogen and oxygen atoms in total. The highest BCUT2D eigenvalue weighted by Gasteiger charge is 2.27. The van der Waals surface area contributed by atoms with Gasteiger partial charge in [-0.05, 0) is 31.5 Å². The van der Waals surface area contributed by atoms with Gasteiger partial charge in [-0.25, -0.2) is 13.4 Å². The second kappa shape index (κ2) is 8.40. The number of ether oxygens (including phenoxy) is 1. The van der Waals surface area contributed by atoms with Gasteiger partial charge in [-0.2, -0.15) is 9.40 Å². The van der Waals surface area contributed by atoms with E-state index in [1.807, 2.05) is 13.8 Å². The van der Waals surface area contributed by atoms with Crippen molar-refractivity contribution < 1.29 is 13.2 Å². The molecule has 1 saturated heterocycles. The summed E-state index contributed by atoms with van der Waals surface area (Å²) in [5.41, 5.74) is 1.66. The molecule has 1 aliphatic rings. The number of H-pyrrole nitrogens is 1. The SMILES string of the molecule is CCOc1ccc(S(=O)(=O)N2CCNCC2)cc1-c1nc2c(CC)nn(C)c2c(=O)[nH]1. The standard InChI is InChI=1S/C20H26N6O4S/c1-4-15-17-18(25(3)24-15)20(27)23-19(22-17)14-12-13(6-7-16(14)30-5-2)31(28,29)26-10-8-21-9-11-26/h6-7,12,21H,4-5,8-11H2,1-3H3,(H,22,23,27). The largest absolute Gasteiger partial charge is 0.493 e. The quantitative estimate of drug-likeness (QED) is 0.576. The number of hydrogen-bond acceptors (Lipinski definition) is 7. The fourth-order valence-electron chi connectivity index (χ4n) is 3.78. The summed E-state index contributed by atoms with van der Waals surface area (Å²) in [5, 5.41) is 7.53. The van der Waals surface area contributed by atoms with Crippen molar-refractivity contribution in [2.75, 3.05) is 32.8 Å². The molecule has 1 fully saturated rings. The van der Waals surface area contributed by atoms with Crippen LogP contribution < -0.4 is 15.6 Å². The van der Waals surface area contributed by atoms with Gasteiger partial charge in [0, 0.05) is 33.2 Å². The lowest BCUT2D eigenvalue weighted by Gasteiger charge is -2.26. The number of piperazine rings is 1. The van der Waals surface area contributed by atoms with Gasteiger partial charge in [-0.15, -0.1) is 0 Å². The molecule has 4 rings (SSSR count). The Morgan fingerprint density at radius 3 is 2.61 bits per heavy atom. The van der Waals surface area contributed by atoms with E-state index in [4.69, 9.17) is 4.74 Å². The van der Waals surface area contributed by atoms with Crippen LogP contribution in [0.25, 0.3) is 22.4 Å². The molecule has 0 spiro atoms. The number of nitrogens with one attached hydrogen (secondary N) is 2. The molecule has 31 heavy (non-hydrogen) atoms. The summed E-state index contributed by atoms with van der Waals surface area (Å²) in [4.78, 5) is 20.3. The maximum atomic E-state index is 13.2. The molecular weight excluding hydrogens is 420 g/mol. The fourth-order valence-corrected chi connectivity index (χ4v) is 5.25. The van der Waals surface area contributed by atoms with Gasteiger partial charge >= 0.3 is 0 Å². The highest BCUT2D eigenvalue weighted by atomic mass is 32.2. The summed E-state index contributed by atoms with van der Waals surface area (Å²) in [5.74, 6) is 0.701. The van der Waals surface area contributed by atoms with Gasteiger partial charge in [0.15, 0.2) is 5.52 Å². The molecule has 166 valence electrons. The number of benzene rings is 1. The van der Waals surface area contributed by atoms with Crippen LogP contribution in [0.1, 0.15) is 19.5 Å². The molecule has 0 saturated carbocycles. The van der Waals surface area contributed by atoms with Crippen molar-refractivity contribution in [1.82, 2.24) is 29.4 Å². The normalized spacial score (nSPS) is 15.5. The zero-order valence-electron chi connectivity index (χ0n) is 17.8. The monoisotopic (exact) mass is 446 g/mol. The van der Waals surface area contributed by atoms with E-state index >= 15 is 0 Å². The van der Waals surface area contributed by atoms with E-state index in [0.29, 0.717) is 67.2 Å². The summed E-state index contributed by atoms with van der Waals surface area (Å²) in [6, 6.07) is 4.67. The van der Waals surface area contributed by atoms with Crippen LogP contribution in [-0.4, -0.2) is 65.3 Å². The van der Waals surface area contributed by atoms with Crippen molar-refractivity contribution in [3.63, 3.8) is 0 Å². The average molecular weight is 447 g/mol. The third kappa shape index (κ3) is 3.84. The van der Waals surface area contributed by atoms with Gasteiger partial charge in [-0.3, -0.25) is 9.48 Å². The van der Waals surface area contributed by atoms with Crippen molar-refractivity contribution in [2.24, 2.45) is 7.05 Å². The first-order valence-electron chi connectivity index (χ1n) is 10.3. The second-order valence-corrected chi connectivity index (χ2v) is 9.22. The van der Waals surface area contributed by atoms with Gasteiger partial charge in [0.2, 0.25) is 10.0 Å². The molecule has 0 radical (unpaired) electrons. The molecule has 3 aromatic rings. The predicted molar refractivity (Wildman–Crippen MR) is 117 cm³/mol. The Labute approximate surface area is 180 Å². The number of hydrogen-bond donors (Lipinski definition) is 2. The van der Waals surface area contributed by atoms with Crippen LogP contribution in [0, 0.1) is 0 Å². The Bertz CT molecular complexity index is 1270. The van der Waals surface area contributed by atoms with Crippen LogP contribution in [0.5, 0.6) is 5.75 Å². The Kier molecular flexibility index (Phi) is 5.82. The number of sulfonamides is 1. The Morgan fingerprint density at radius 1 is 1.19 bits per heavy atom. The van der Waals surface area contributed by atoms with E-state index in [2.05, 4.69) is 20.4 Å². The lowest BCUT2D eigenvalue weighted by Crippen LogP contribution is -2.46. The summed E-state index contributed by atoms with van der Waals surface area (Å²) < 4.78 is 35.0.